The van der Waals surface area contributed by atoms with Gasteiger partial charge in [0.2, 0.25) is 0 Å². The Morgan fingerprint density at radius 3 is 3.00 bits per heavy atom. The number of aliphatic hydroxyl groups is 1. The van der Waals surface area contributed by atoms with Gasteiger partial charge in [-0.05, 0) is 38.4 Å². The van der Waals surface area contributed by atoms with Crippen LogP contribution in [0.3, 0.4) is 0 Å². The molecule has 1 heterocycles. The Labute approximate surface area is 123 Å². The molecule has 1 aliphatic heterocycles. The second-order valence-corrected chi connectivity index (χ2v) is 5.78. The number of fused-ring (bicyclic) bond motifs is 1. The first-order valence-electron chi connectivity index (χ1n) is 6.61. The van der Waals surface area contributed by atoms with Crippen molar-refractivity contribution in [3.63, 3.8) is 0 Å². The first kappa shape index (κ1) is 14.9. The summed E-state index contributed by atoms with van der Waals surface area (Å²) in [4.78, 5) is 0. The molecule has 5 heteroatoms. The monoisotopic (exact) mass is 303 g/mol. The minimum Gasteiger partial charge on any atom is -0.492 e. The molecule has 0 saturated heterocycles. The Morgan fingerprint density at radius 1 is 1.47 bits per heavy atom. The van der Waals surface area contributed by atoms with E-state index in [9.17, 15) is 5.11 Å². The maximum absolute atomic E-state index is 9.24. The minimum absolute atomic E-state index is 0.217. The van der Waals surface area contributed by atoms with Gasteiger partial charge < -0.3 is 15.2 Å². The van der Waals surface area contributed by atoms with Crippen LogP contribution in [0.5, 0.6) is 5.75 Å². The molecule has 2 rings (SSSR count). The molecule has 0 aliphatic carbocycles. The van der Waals surface area contributed by atoms with Crippen molar-refractivity contribution in [1.29, 1.82) is 0 Å². The highest BCUT2D eigenvalue weighted by atomic mass is 35.5. The number of benzene rings is 1. The first-order chi connectivity index (χ1) is 9.08. The number of hydrogen-bond acceptors (Lipinski definition) is 3. The standard InChI is InChI=1S/C14H19Cl2NO2/c1-9(18)3-2-5-17-13-4-6-19-14-11(13)7-10(15)8-12(14)16/h7-9,13,17-18H,2-6H2,1H3. The minimum atomic E-state index is -0.243. The van der Waals surface area contributed by atoms with Crippen molar-refractivity contribution in [2.45, 2.75) is 38.3 Å². The van der Waals surface area contributed by atoms with Gasteiger partial charge in [0.25, 0.3) is 0 Å². The van der Waals surface area contributed by atoms with E-state index in [0.29, 0.717) is 16.7 Å². The van der Waals surface area contributed by atoms with E-state index in [0.717, 1.165) is 37.1 Å². The Bertz CT molecular complexity index is 438. The van der Waals surface area contributed by atoms with Crippen LogP contribution in [0, 0.1) is 0 Å². The van der Waals surface area contributed by atoms with Crippen LogP contribution in [0.15, 0.2) is 12.1 Å². The third-order valence-electron chi connectivity index (χ3n) is 3.25. The van der Waals surface area contributed by atoms with Gasteiger partial charge in [-0.2, -0.15) is 0 Å². The van der Waals surface area contributed by atoms with Crippen molar-refractivity contribution >= 4 is 23.2 Å². The van der Waals surface area contributed by atoms with Crippen LogP contribution >= 0.6 is 23.2 Å². The zero-order valence-corrected chi connectivity index (χ0v) is 12.5. The van der Waals surface area contributed by atoms with Gasteiger partial charge in [-0.1, -0.05) is 23.2 Å². The highest BCUT2D eigenvalue weighted by molar-refractivity contribution is 6.35. The van der Waals surface area contributed by atoms with E-state index >= 15 is 0 Å². The molecule has 0 bridgehead atoms. The predicted octanol–water partition coefficient (Wildman–Crippen LogP) is 3.57. The van der Waals surface area contributed by atoms with E-state index in [-0.39, 0.29) is 12.1 Å². The van der Waals surface area contributed by atoms with Gasteiger partial charge >= 0.3 is 0 Å². The van der Waals surface area contributed by atoms with Crippen molar-refractivity contribution in [3.05, 3.63) is 27.7 Å². The van der Waals surface area contributed by atoms with Crippen LogP contribution in [-0.2, 0) is 0 Å². The number of nitrogens with one attached hydrogen (secondary N) is 1. The Hall–Kier alpha value is -0.480. The molecule has 3 nitrogen and oxygen atoms in total. The fourth-order valence-corrected chi connectivity index (χ4v) is 2.88. The highest BCUT2D eigenvalue weighted by Gasteiger charge is 2.23. The number of rotatable bonds is 5. The molecule has 0 spiro atoms. The number of ether oxygens (including phenoxy) is 1. The highest BCUT2D eigenvalue weighted by Crippen LogP contribution is 2.39. The fourth-order valence-electron chi connectivity index (χ4n) is 2.31. The Balaban J connectivity index is 2.01. The largest absolute Gasteiger partial charge is 0.492 e. The molecule has 0 saturated carbocycles. The van der Waals surface area contributed by atoms with Crippen LogP contribution in [0.1, 0.15) is 37.8 Å². The lowest BCUT2D eigenvalue weighted by atomic mass is 10.0. The smallest absolute Gasteiger partial charge is 0.142 e. The molecule has 1 aliphatic rings. The van der Waals surface area contributed by atoms with Crippen molar-refractivity contribution in [3.8, 4) is 5.75 Å². The normalized spacial score (nSPS) is 19.7. The van der Waals surface area contributed by atoms with Crippen molar-refractivity contribution in [2.75, 3.05) is 13.2 Å². The van der Waals surface area contributed by atoms with Crippen LogP contribution < -0.4 is 10.1 Å². The lowest BCUT2D eigenvalue weighted by Gasteiger charge is -2.28. The predicted molar refractivity (Wildman–Crippen MR) is 78.2 cm³/mol. The van der Waals surface area contributed by atoms with Gasteiger partial charge in [0, 0.05) is 23.0 Å². The Morgan fingerprint density at radius 2 is 2.26 bits per heavy atom. The second-order valence-electron chi connectivity index (χ2n) is 4.94. The molecule has 2 atom stereocenters. The molecule has 1 aromatic rings. The summed E-state index contributed by atoms with van der Waals surface area (Å²) < 4.78 is 5.61. The summed E-state index contributed by atoms with van der Waals surface area (Å²) in [5.41, 5.74) is 1.03. The maximum atomic E-state index is 9.24. The first-order valence-corrected chi connectivity index (χ1v) is 7.36. The van der Waals surface area contributed by atoms with E-state index in [2.05, 4.69) is 5.32 Å². The molecular formula is C14H19Cl2NO2. The summed E-state index contributed by atoms with van der Waals surface area (Å²) in [6.07, 6.45) is 2.41. The van der Waals surface area contributed by atoms with Crippen LogP contribution in [-0.4, -0.2) is 24.4 Å². The summed E-state index contributed by atoms with van der Waals surface area (Å²) in [6, 6.07) is 3.83. The number of hydrogen-bond donors (Lipinski definition) is 2. The molecule has 2 unspecified atom stereocenters. The molecule has 2 N–H and O–H groups in total. The third-order valence-corrected chi connectivity index (χ3v) is 3.75. The summed E-state index contributed by atoms with van der Waals surface area (Å²) in [5, 5.41) is 13.9. The molecule has 1 aromatic carbocycles. The lowest BCUT2D eigenvalue weighted by molar-refractivity contribution is 0.180. The topological polar surface area (TPSA) is 41.5 Å². The van der Waals surface area contributed by atoms with Gasteiger partial charge in [-0.25, -0.2) is 0 Å². The van der Waals surface area contributed by atoms with Crippen molar-refractivity contribution in [2.24, 2.45) is 0 Å². The average molecular weight is 304 g/mol. The summed E-state index contributed by atoms with van der Waals surface area (Å²) in [6.45, 7) is 3.32. The van der Waals surface area contributed by atoms with Crippen molar-refractivity contribution in [1.82, 2.24) is 5.32 Å². The van der Waals surface area contributed by atoms with Crippen molar-refractivity contribution < 1.29 is 9.84 Å². The molecule has 0 fully saturated rings. The van der Waals surface area contributed by atoms with Gasteiger partial charge in [-0.3, -0.25) is 0 Å². The van der Waals surface area contributed by atoms with E-state index in [1.54, 1.807) is 6.07 Å². The molecule has 0 amide bonds. The number of aliphatic hydroxyl groups excluding tert-OH is 1. The zero-order chi connectivity index (χ0) is 13.8. The van der Waals surface area contributed by atoms with Crippen LogP contribution in [0.2, 0.25) is 10.0 Å². The molecular weight excluding hydrogens is 285 g/mol. The quantitative estimate of drug-likeness (QED) is 0.817. The van der Waals surface area contributed by atoms with Gasteiger partial charge in [-0.15, -0.1) is 0 Å². The van der Waals surface area contributed by atoms with Crippen LogP contribution in [0.4, 0.5) is 0 Å². The molecule has 19 heavy (non-hydrogen) atoms. The SMILES string of the molecule is CC(O)CCCNC1CCOc2c(Cl)cc(Cl)cc21. The fraction of sp³-hybridized carbons (Fsp3) is 0.571. The van der Waals surface area contributed by atoms with E-state index in [1.165, 1.54) is 0 Å². The van der Waals surface area contributed by atoms with Crippen LogP contribution in [0.25, 0.3) is 0 Å². The average Bonchev–Trinajstić information content (AvgIpc) is 2.34. The summed E-state index contributed by atoms with van der Waals surface area (Å²) in [5.74, 6) is 0.741. The lowest BCUT2D eigenvalue weighted by Crippen LogP contribution is -2.28. The summed E-state index contributed by atoms with van der Waals surface area (Å²) >= 11 is 12.2. The summed E-state index contributed by atoms with van der Waals surface area (Å²) in [7, 11) is 0. The Kier molecular flexibility index (Phi) is 5.34. The van der Waals surface area contributed by atoms with Gasteiger partial charge in [0.15, 0.2) is 0 Å². The molecule has 0 aromatic heterocycles. The van der Waals surface area contributed by atoms with E-state index < -0.39 is 0 Å². The zero-order valence-electron chi connectivity index (χ0n) is 11.0. The number of halogens is 2. The third kappa shape index (κ3) is 3.99. The molecule has 106 valence electrons. The second kappa shape index (κ2) is 6.80. The maximum Gasteiger partial charge on any atom is 0.142 e. The van der Waals surface area contributed by atoms with E-state index in [4.69, 9.17) is 27.9 Å². The van der Waals surface area contributed by atoms with Gasteiger partial charge in [0.05, 0.1) is 17.7 Å². The molecule has 0 radical (unpaired) electrons. The van der Waals surface area contributed by atoms with E-state index in [1.807, 2.05) is 13.0 Å². The van der Waals surface area contributed by atoms with Gasteiger partial charge in [0.1, 0.15) is 5.75 Å².